The van der Waals surface area contributed by atoms with Crippen molar-refractivity contribution in [2.24, 2.45) is 11.8 Å². The van der Waals surface area contributed by atoms with Crippen molar-refractivity contribution in [2.75, 3.05) is 18.6 Å². The van der Waals surface area contributed by atoms with Crippen LogP contribution in [0.25, 0.3) is 10.9 Å². The van der Waals surface area contributed by atoms with Gasteiger partial charge in [0.1, 0.15) is 6.04 Å². The smallest absolute Gasteiger partial charge is 0.244 e. The Hall–Kier alpha value is -2.72. The number of fused-ring (bicyclic) bond motifs is 1. The highest BCUT2D eigenvalue weighted by Crippen LogP contribution is 2.20. The Bertz CT molecular complexity index is 959. The minimum atomic E-state index is -1.05. The van der Waals surface area contributed by atoms with E-state index in [2.05, 4.69) is 15.6 Å². The molecule has 1 heterocycles. The highest BCUT2D eigenvalue weighted by molar-refractivity contribution is 7.84. The second kappa shape index (κ2) is 12.4. The summed E-state index contributed by atoms with van der Waals surface area (Å²) in [5.74, 6) is -1.72. The average molecular weight is 465 g/mol. The molecule has 10 heteroatoms. The molecule has 0 saturated carbocycles. The summed E-state index contributed by atoms with van der Waals surface area (Å²) >= 11 is 0. The molecule has 1 aromatic carbocycles. The van der Waals surface area contributed by atoms with Crippen LogP contribution in [-0.2, 0) is 31.6 Å². The van der Waals surface area contributed by atoms with Gasteiger partial charge in [0.05, 0.1) is 0 Å². The van der Waals surface area contributed by atoms with Gasteiger partial charge in [0, 0.05) is 65.2 Å². The van der Waals surface area contributed by atoms with Crippen molar-refractivity contribution in [3.63, 3.8) is 0 Å². The minimum Gasteiger partial charge on any atom is -0.361 e. The maximum absolute atomic E-state index is 13.0. The lowest BCUT2D eigenvalue weighted by Crippen LogP contribution is -2.50. The lowest BCUT2D eigenvalue weighted by Gasteiger charge is -2.23. The first kappa shape index (κ1) is 25.5. The molecule has 1 unspecified atom stereocenters. The van der Waals surface area contributed by atoms with Gasteiger partial charge in [-0.05, 0) is 24.0 Å². The maximum Gasteiger partial charge on any atom is 0.244 e. The summed E-state index contributed by atoms with van der Waals surface area (Å²) in [5.41, 5.74) is 3.36. The van der Waals surface area contributed by atoms with Crippen molar-refractivity contribution in [1.29, 1.82) is 0 Å². The molecule has 0 spiro atoms. The summed E-state index contributed by atoms with van der Waals surface area (Å²) < 4.78 is 11.3. The van der Waals surface area contributed by atoms with Crippen molar-refractivity contribution >= 4 is 39.4 Å². The van der Waals surface area contributed by atoms with Crippen molar-refractivity contribution in [3.8, 4) is 0 Å². The molecule has 2 rings (SSSR count). The van der Waals surface area contributed by atoms with Crippen molar-refractivity contribution < 1.29 is 23.8 Å². The molecular formula is C22H32N4O5S. The monoisotopic (exact) mass is 464 g/mol. The van der Waals surface area contributed by atoms with Gasteiger partial charge in [-0.3, -0.25) is 23.8 Å². The number of hydrogen-bond donors (Lipinski definition) is 5. The van der Waals surface area contributed by atoms with Gasteiger partial charge in [-0.15, -0.1) is 0 Å². The third-order valence-electron chi connectivity index (χ3n) is 5.10. The van der Waals surface area contributed by atoms with Gasteiger partial charge < -0.3 is 15.6 Å². The molecule has 0 radical (unpaired) electrons. The van der Waals surface area contributed by atoms with Crippen molar-refractivity contribution in [2.45, 2.75) is 39.2 Å². The Balaban J connectivity index is 2.21. The van der Waals surface area contributed by atoms with Crippen LogP contribution in [0, 0.1) is 11.8 Å². The summed E-state index contributed by atoms with van der Waals surface area (Å²) in [7, 11) is -1.05. The van der Waals surface area contributed by atoms with Gasteiger partial charge in [0.2, 0.25) is 17.7 Å². The SMILES string of the molecule is CC(C)C[C@H](CC(=O)NO)C(=O)N[C@@H](Cc1c[nH]c2ccccc12)C(=O)NCCS(C)=O. The zero-order chi connectivity index (χ0) is 23.7. The molecule has 3 amide bonds. The van der Waals surface area contributed by atoms with Crippen molar-refractivity contribution in [1.82, 2.24) is 21.1 Å². The van der Waals surface area contributed by atoms with Crippen LogP contribution in [0.5, 0.6) is 0 Å². The van der Waals surface area contributed by atoms with Gasteiger partial charge in [-0.25, -0.2) is 5.48 Å². The fourth-order valence-electron chi connectivity index (χ4n) is 3.58. The van der Waals surface area contributed by atoms with E-state index in [4.69, 9.17) is 5.21 Å². The summed E-state index contributed by atoms with van der Waals surface area (Å²) in [6.07, 6.45) is 3.85. The van der Waals surface area contributed by atoms with Crippen LogP contribution in [-0.4, -0.2) is 56.7 Å². The number of nitrogens with one attached hydrogen (secondary N) is 4. The van der Waals surface area contributed by atoms with E-state index in [0.717, 1.165) is 16.5 Å². The zero-order valence-corrected chi connectivity index (χ0v) is 19.5. The van der Waals surface area contributed by atoms with Crippen LogP contribution in [0.4, 0.5) is 0 Å². The van der Waals surface area contributed by atoms with E-state index in [0.29, 0.717) is 12.2 Å². The predicted molar refractivity (Wildman–Crippen MR) is 123 cm³/mol. The Morgan fingerprint density at radius 2 is 1.88 bits per heavy atom. The summed E-state index contributed by atoms with van der Waals surface area (Å²) in [6.45, 7) is 4.08. The molecule has 0 aliphatic heterocycles. The zero-order valence-electron chi connectivity index (χ0n) is 18.6. The van der Waals surface area contributed by atoms with Gasteiger partial charge in [-0.2, -0.15) is 0 Å². The van der Waals surface area contributed by atoms with Crippen molar-refractivity contribution in [3.05, 3.63) is 36.0 Å². The number of carbonyl (C=O) groups excluding carboxylic acids is 3. The number of H-pyrrole nitrogens is 1. The number of para-hydroxylation sites is 1. The Kier molecular flexibility index (Phi) is 9.86. The quantitative estimate of drug-likeness (QED) is 0.237. The first-order chi connectivity index (χ1) is 15.2. The molecule has 1 aromatic heterocycles. The molecule has 0 bridgehead atoms. The number of benzene rings is 1. The molecule has 0 aliphatic carbocycles. The predicted octanol–water partition coefficient (Wildman–Crippen LogP) is 1.25. The molecule has 32 heavy (non-hydrogen) atoms. The fraction of sp³-hybridized carbons (Fsp3) is 0.500. The van der Waals surface area contributed by atoms with E-state index in [1.54, 1.807) is 11.7 Å². The molecule has 5 N–H and O–H groups in total. The van der Waals surface area contributed by atoms with Crippen LogP contribution in [0.2, 0.25) is 0 Å². The van der Waals surface area contributed by atoms with E-state index in [1.165, 1.54) is 0 Å². The molecule has 9 nitrogen and oxygen atoms in total. The largest absolute Gasteiger partial charge is 0.361 e. The highest BCUT2D eigenvalue weighted by atomic mass is 32.2. The molecule has 176 valence electrons. The fourth-order valence-corrected chi connectivity index (χ4v) is 3.97. The lowest BCUT2D eigenvalue weighted by atomic mass is 9.92. The highest BCUT2D eigenvalue weighted by Gasteiger charge is 2.28. The Morgan fingerprint density at radius 1 is 1.16 bits per heavy atom. The number of carbonyl (C=O) groups is 3. The van der Waals surface area contributed by atoms with Crippen LogP contribution in [0.1, 0.15) is 32.3 Å². The number of rotatable bonds is 12. The van der Waals surface area contributed by atoms with Gasteiger partial charge in [0.15, 0.2) is 0 Å². The van der Waals surface area contributed by atoms with Crippen LogP contribution >= 0.6 is 0 Å². The van der Waals surface area contributed by atoms with Gasteiger partial charge in [0.25, 0.3) is 0 Å². The van der Waals surface area contributed by atoms with E-state index in [-0.39, 0.29) is 31.2 Å². The summed E-state index contributed by atoms with van der Waals surface area (Å²) in [5, 5.41) is 15.3. The third kappa shape index (κ3) is 7.76. The van der Waals surface area contributed by atoms with Gasteiger partial charge >= 0.3 is 0 Å². The number of aromatic amines is 1. The minimum absolute atomic E-state index is 0.137. The summed E-state index contributed by atoms with van der Waals surface area (Å²) in [4.78, 5) is 40.7. The Morgan fingerprint density at radius 3 is 2.53 bits per heavy atom. The van der Waals surface area contributed by atoms with Crippen LogP contribution < -0.4 is 16.1 Å². The summed E-state index contributed by atoms with van der Waals surface area (Å²) in [6, 6.07) is 6.79. The second-order valence-corrected chi connectivity index (χ2v) is 9.81. The number of hydroxylamine groups is 1. The van der Waals surface area contributed by atoms with Crippen LogP contribution in [0.3, 0.4) is 0 Å². The standard InChI is InChI=1S/C22H32N4O5S/c1-14(2)10-15(12-20(27)26-30)21(28)25-19(22(29)23-8-9-32(3)31)11-16-13-24-18-7-5-4-6-17(16)18/h4-7,13-15,19,24,30H,8-12H2,1-3H3,(H,23,29)(H,25,28)(H,26,27)/t15-,19+,32?/m1/s1. The van der Waals surface area contributed by atoms with E-state index in [9.17, 15) is 18.6 Å². The normalized spacial score (nSPS) is 14.0. The molecule has 0 aliphatic rings. The molecule has 3 atom stereocenters. The van der Waals surface area contributed by atoms with Gasteiger partial charge in [-0.1, -0.05) is 32.0 Å². The Labute approximate surface area is 190 Å². The number of hydrogen-bond acceptors (Lipinski definition) is 5. The number of aromatic nitrogens is 1. The molecule has 0 saturated heterocycles. The first-order valence-corrected chi connectivity index (χ1v) is 12.3. The number of amides is 3. The average Bonchev–Trinajstić information content (AvgIpc) is 3.14. The second-order valence-electron chi connectivity index (χ2n) is 8.26. The van der Waals surface area contributed by atoms with E-state index in [1.807, 2.05) is 44.3 Å². The molecule has 2 aromatic rings. The molecular weight excluding hydrogens is 432 g/mol. The van der Waals surface area contributed by atoms with E-state index >= 15 is 0 Å². The molecule has 0 fully saturated rings. The first-order valence-electron chi connectivity index (χ1n) is 10.6. The topological polar surface area (TPSA) is 140 Å². The maximum atomic E-state index is 13.0. The van der Waals surface area contributed by atoms with E-state index < -0.39 is 34.6 Å². The third-order valence-corrected chi connectivity index (χ3v) is 5.88. The van der Waals surface area contributed by atoms with Crippen LogP contribution in [0.15, 0.2) is 30.5 Å². The lowest BCUT2D eigenvalue weighted by molar-refractivity contribution is -0.136.